The number of fused-ring (bicyclic) bond motifs is 1. The third-order valence-corrected chi connectivity index (χ3v) is 5.47. The van der Waals surface area contributed by atoms with Gasteiger partial charge in [0.1, 0.15) is 18.3 Å². The number of phosphoric acid groups is 1. The van der Waals surface area contributed by atoms with Crippen LogP contribution in [0.4, 0.5) is 5.95 Å². The van der Waals surface area contributed by atoms with Gasteiger partial charge in [0, 0.05) is 0 Å². The Bertz CT molecular complexity index is 977. The lowest BCUT2D eigenvalue weighted by atomic mass is 10.1. The first-order valence-corrected chi connectivity index (χ1v) is 9.73. The number of rotatable bonds is 6. The monoisotopic (exact) mass is 425 g/mol. The van der Waals surface area contributed by atoms with Gasteiger partial charge in [0.2, 0.25) is 5.95 Å². The van der Waals surface area contributed by atoms with E-state index in [4.69, 9.17) is 10.5 Å². The molecule has 6 unspecified atom stereocenters. The topological polar surface area (TPSA) is 235 Å². The first-order chi connectivity index (χ1) is 12.6. The maximum absolute atomic E-state index is 11.8. The number of nitrogens with zero attached hydrogens (tertiary/aromatic N) is 3. The highest BCUT2D eigenvalue weighted by Gasteiger charge is 2.46. The largest absolute Gasteiger partial charge is 0.566 e. The second-order valence-corrected chi connectivity index (χ2v) is 7.69. The fraction of sp³-hybridized carbons (Fsp3) is 0.500. The summed E-state index contributed by atoms with van der Waals surface area (Å²) in [6.45, 7) is -0.783. The fourth-order valence-corrected chi connectivity index (χ4v) is 3.70. The third-order valence-electron chi connectivity index (χ3n) is 3.63. The van der Waals surface area contributed by atoms with Crippen LogP contribution in [0.3, 0.4) is 0 Å². The van der Waals surface area contributed by atoms with Gasteiger partial charge in [0.15, 0.2) is 17.4 Å². The molecule has 15 nitrogen and oxygen atoms in total. The number of anilines is 1. The number of hydrogen-bond acceptors (Lipinski definition) is 12. The lowest BCUT2D eigenvalue weighted by Crippen LogP contribution is -2.33. The molecule has 1 saturated heterocycles. The van der Waals surface area contributed by atoms with Crippen LogP contribution in [-0.2, 0) is 22.7 Å². The van der Waals surface area contributed by atoms with E-state index in [0.717, 1.165) is 10.9 Å². The molecule has 2 aromatic rings. The maximum atomic E-state index is 11.8. The highest BCUT2D eigenvalue weighted by Crippen LogP contribution is 2.50. The van der Waals surface area contributed by atoms with Crippen molar-refractivity contribution in [2.45, 2.75) is 24.5 Å². The molecule has 0 aliphatic carbocycles. The summed E-state index contributed by atoms with van der Waals surface area (Å²) in [4.78, 5) is 41.3. The highest BCUT2D eigenvalue weighted by atomic mass is 31.2. The van der Waals surface area contributed by atoms with E-state index in [2.05, 4.69) is 23.8 Å². The summed E-state index contributed by atoms with van der Waals surface area (Å²) in [7, 11) is -8.59. The van der Waals surface area contributed by atoms with Crippen molar-refractivity contribution >= 4 is 33.2 Å². The van der Waals surface area contributed by atoms with E-state index in [0.29, 0.717) is 0 Å². The van der Waals surface area contributed by atoms with Crippen LogP contribution < -0.4 is 16.2 Å². The molecule has 0 spiro atoms. The number of hydrogen-bond donors (Lipinski definition) is 5. The van der Waals surface area contributed by atoms with Gasteiger partial charge in [-0.25, -0.2) is 9.55 Å². The molecule has 1 aliphatic rings. The number of nitrogens with two attached hydrogens (primary N) is 1. The molecule has 148 valence electrons. The lowest BCUT2D eigenvalue weighted by molar-refractivity contribution is -0.179. The molecule has 17 heteroatoms. The summed E-state index contributed by atoms with van der Waals surface area (Å²) >= 11 is 0. The summed E-state index contributed by atoms with van der Waals surface area (Å²) in [5, 5.41) is 20.2. The van der Waals surface area contributed by atoms with Crippen LogP contribution in [0.2, 0.25) is 0 Å². The Balaban J connectivity index is 1.80. The molecule has 27 heavy (non-hydrogen) atoms. The van der Waals surface area contributed by atoms with Crippen LogP contribution in [0.15, 0.2) is 11.1 Å². The normalized spacial score (nSPS) is 28.4. The number of aliphatic hydroxyl groups is 2. The molecule has 0 aromatic carbocycles. The molecule has 0 bridgehead atoms. The first kappa shape index (κ1) is 19.9. The van der Waals surface area contributed by atoms with Crippen molar-refractivity contribution in [2.24, 2.45) is 0 Å². The summed E-state index contributed by atoms with van der Waals surface area (Å²) < 4.78 is 36.4. The van der Waals surface area contributed by atoms with Gasteiger partial charge in [-0.05, 0) is 8.88 Å². The van der Waals surface area contributed by atoms with Crippen molar-refractivity contribution in [1.82, 2.24) is 19.5 Å². The molecule has 2 aromatic heterocycles. The summed E-state index contributed by atoms with van der Waals surface area (Å²) in [6.07, 6.45) is -4.66. The van der Waals surface area contributed by atoms with Crippen LogP contribution in [-0.4, -0.2) is 59.5 Å². The molecule has 0 radical (unpaired) electrons. The van der Waals surface area contributed by atoms with Crippen LogP contribution in [0.25, 0.3) is 11.2 Å². The molecule has 0 amide bonds. The zero-order valence-corrected chi connectivity index (χ0v) is 14.9. The van der Waals surface area contributed by atoms with Crippen LogP contribution >= 0.6 is 16.1 Å². The van der Waals surface area contributed by atoms with Gasteiger partial charge in [-0.3, -0.25) is 18.9 Å². The number of aliphatic hydroxyl groups excluding tert-OH is 2. The van der Waals surface area contributed by atoms with Crippen LogP contribution in [0.5, 0.6) is 0 Å². The summed E-state index contributed by atoms with van der Waals surface area (Å²) in [6, 6.07) is 0. The van der Waals surface area contributed by atoms with Gasteiger partial charge in [-0.2, -0.15) is 4.98 Å². The second-order valence-electron chi connectivity index (χ2n) is 5.39. The van der Waals surface area contributed by atoms with E-state index >= 15 is 0 Å². The minimum Gasteiger partial charge on any atom is -0.566 e. The van der Waals surface area contributed by atoms with E-state index in [1.165, 1.54) is 0 Å². The van der Waals surface area contributed by atoms with Gasteiger partial charge in [-0.1, -0.05) is 0 Å². The molecule has 1 fully saturated rings. The molecule has 6 atom stereocenters. The van der Waals surface area contributed by atoms with Crippen LogP contribution in [0.1, 0.15) is 6.23 Å². The summed E-state index contributed by atoms with van der Waals surface area (Å²) in [5.74, 6) is -0.215. The van der Waals surface area contributed by atoms with E-state index in [1.807, 2.05) is 0 Å². The van der Waals surface area contributed by atoms with Crippen molar-refractivity contribution in [3.8, 4) is 0 Å². The predicted molar refractivity (Wildman–Crippen MR) is 83.0 cm³/mol. The van der Waals surface area contributed by atoms with Gasteiger partial charge in [-0.15, -0.1) is 0 Å². The number of aromatic amines is 1. The van der Waals surface area contributed by atoms with Gasteiger partial charge in [0.05, 0.1) is 12.9 Å². The van der Waals surface area contributed by atoms with Gasteiger partial charge in [0.25, 0.3) is 5.56 Å². The van der Waals surface area contributed by atoms with Crippen molar-refractivity contribution in [2.75, 3.05) is 12.3 Å². The number of H-pyrrole nitrogens is 1. The fourth-order valence-electron chi connectivity index (χ4n) is 2.50. The highest BCUT2D eigenvalue weighted by molar-refractivity contribution is 7.55. The third kappa shape index (κ3) is 4.06. The van der Waals surface area contributed by atoms with Crippen LogP contribution in [0, 0.1) is 0 Å². The Kier molecular flexibility index (Phi) is 5.40. The number of nitrogens with one attached hydrogen (secondary N) is 1. The van der Waals surface area contributed by atoms with Gasteiger partial charge >= 0.3 is 16.1 Å². The van der Waals surface area contributed by atoms with E-state index in [-0.39, 0.29) is 17.1 Å². The molecular weight excluding hydrogens is 412 g/mol. The Morgan fingerprint density at radius 2 is 2.19 bits per heavy atom. The molecule has 3 heterocycles. The zero-order valence-electron chi connectivity index (χ0n) is 13.1. The zero-order chi connectivity index (χ0) is 19.9. The molecule has 1 aliphatic heterocycles. The molecule has 6 N–H and O–H groups in total. The number of phosphoric ester groups is 1. The standard InChI is InChI=1S/C10H13N5O10P2/c11-10-13-7-4(8(18)14-10)12-2-15(7)9-6(17)5(16)3(24-9)1-23-27(21,22)25-26(19)20/h2-3,5-6,9,16-17H,1H2,(H,21,22)(H3,11,13,14,18). The Morgan fingerprint density at radius 1 is 1.48 bits per heavy atom. The maximum Gasteiger partial charge on any atom is 0.515 e. The lowest BCUT2D eigenvalue weighted by Gasteiger charge is -2.16. The van der Waals surface area contributed by atoms with Crippen molar-refractivity contribution in [3.05, 3.63) is 16.7 Å². The Hall–Kier alpha value is -1.80. The average molecular weight is 425 g/mol. The van der Waals surface area contributed by atoms with E-state index < -0.39 is 52.8 Å². The molecular formula is C10H13N5O10P2. The molecule has 3 rings (SSSR count). The summed E-state index contributed by atoms with van der Waals surface area (Å²) in [5.41, 5.74) is 4.71. The number of nitrogen functional groups attached to an aromatic ring is 1. The van der Waals surface area contributed by atoms with E-state index in [1.54, 1.807) is 0 Å². The average Bonchev–Trinajstić information content (AvgIpc) is 3.07. The van der Waals surface area contributed by atoms with Crippen molar-refractivity contribution < 1.29 is 42.7 Å². The predicted octanol–water partition coefficient (Wildman–Crippen LogP) is -2.53. The smallest absolute Gasteiger partial charge is 0.515 e. The Labute approximate surface area is 149 Å². The number of aromatic nitrogens is 4. The van der Waals surface area contributed by atoms with Gasteiger partial charge < -0.3 is 30.5 Å². The number of imidazole rings is 1. The minimum absolute atomic E-state index is 0.0337. The number of ether oxygens (including phenoxy) is 1. The van der Waals surface area contributed by atoms with Crippen molar-refractivity contribution in [3.63, 3.8) is 0 Å². The van der Waals surface area contributed by atoms with Crippen molar-refractivity contribution in [1.29, 1.82) is 0 Å². The Morgan fingerprint density at radius 3 is 2.85 bits per heavy atom. The van der Waals surface area contributed by atoms with E-state index in [9.17, 15) is 33.9 Å². The molecule has 0 saturated carbocycles. The first-order valence-electron chi connectivity index (χ1n) is 7.14. The SMILES string of the molecule is Nc1nc2c(ncn2C2OC(COP(=O)(O)O[P+](=O)[O-])C(O)C2O)c(=O)[nH]1. The quantitative estimate of drug-likeness (QED) is 0.301. The minimum atomic E-state index is -4.94. The second kappa shape index (κ2) is 7.31.